The molecule has 1 saturated carbocycles. The van der Waals surface area contributed by atoms with Crippen LogP contribution in [-0.2, 0) is 0 Å². The maximum absolute atomic E-state index is 13.6. The number of nitrogens with zero attached hydrogens (tertiary/aromatic N) is 1. The minimum absolute atomic E-state index is 0.286. The number of nitrogens with one attached hydrogen (secondary N) is 1. The van der Waals surface area contributed by atoms with E-state index >= 15 is 0 Å². The van der Waals surface area contributed by atoms with E-state index in [1.54, 1.807) is 6.20 Å². The molecule has 1 aliphatic rings. The van der Waals surface area contributed by atoms with Crippen LogP contribution in [0.5, 0.6) is 0 Å². The van der Waals surface area contributed by atoms with Crippen molar-refractivity contribution in [3.63, 3.8) is 0 Å². The first kappa shape index (κ1) is 13.1. The Balaban J connectivity index is 1.93. The first-order valence-electron chi connectivity index (χ1n) is 5.88. The fourth-order valence-electron chi connectivity index (χ4n) is 2.17. The molecule has 17 heavy (non-hydrogen) atoms. The van der Waals surface area contributed by atoms with Gasteiger partial charge in [0.15, 0.2) is 11.6 Å². The van der Waals surface area contributed by atoms with E-state index in [1.807, 2.05) is 11.8 Å². The summed E-state index contributed by atoms with van der Waals surface area (Å²) in [6, 6.07) is 1.81. The van der Waals surface area contributed by atoms with Gasteiger partial charge in [-0.25, -0.2) is 9.37 Å². The van der Waals surface area contributed by atoms with Crippen LogP contribution in [-0.4, -0.2) is 22.0 Å². The first-order chi connectivity index (χ1) is 8.19. The van der Waals surface area contributed by atoms with Crippen molar-refractivity contribution >= 4 is 33.5 Å². The van der Waals surface area contributed by atoms with E-state index in [0.717, 1.165) is 23.8 Å². The zero-order valence-corrected chi connectivity index (χ0v) is 12.2. The summed E-state index contributed by atoms with van der Waals surface area (Å²) < 4.78 is 14.3. The van der Waals surface area contributed by atoms with E-state index in [1.165, 1.54) is 12.5 Å². The smallest absolute Gasteiger partial charge is 0.166 e. The molecule has 1 N–H and O–H groups in total. The summed E-state index contributed by atoms with van der Waals surface area (Å²) in [4.78, 5) is 4.07. The van der Waals surface area contributed by atoms with E-state index in [2.05, 4.69) is 33.2 Å². The van der Waals surface area contributed by atoms with Crippen molar-refractivity contribution in [2.24, 2.45) is 0 Å². The molecule has 0 spiro atoms. The molecule has 2 unspecified atom stereocenters. The molecule has 5 heteroatoms. The Kier molecular flexibility index (Phi) is 4.68. The zero-order chi connectivity index (χ0) is 12.3. The average Bonchev–Trinajstić information content (AvgIpc) is 2.71. The summed E-state index contributed by atoms with van der Waals surface area (Å²) >= 11 is 5.20. The van der Waals surface area contributed by atoms with Crippen LogP contribution in [0.25, 0.3) is 0 Å². The molecule has 2 nitrogen and oxygen atoms in total. The maximum Gasteiger partial charge on any atom is 0.166 e. The van der Waals surface area contributed by atoms with Gasteiger partial charge in [-0.3, -0.25) is 0 Å². The summed E-state index contributed by atoms with van der Waals surface area (Å²) in [6.45, 7) is 2.18. The molecule has 0 amide bonds. The zero-order valence-electron chi connectivity index (χ0n) is 9.75. The largest absolute Gasteiger partial charge is 0.365 e. The molecular weight excluding hydrogens is 303 g/mol. The monoisotopic (exact) mass is 318 g/mol. The molecular formula is C12H16BrFN2S. The van der Waals surface area contributed by atoms with Gasteiger partial charge in [0.05, 0.1) is 0 Å². The van der Waals surface area contributed by atoms with Gasteiger partial charge >= 0.3 is 0 Å². The van der Waals surface area contributed by atoms with Crippen LogP contribution in [0.15, 0.2) is 16.7 Å². The van der Waals surface area contributed by atoms with Gasteiger partial charge in [-0.15, -0.1) is 0 Å². The van der Waals surface area contributed by atoms with E-state index in [4.69, 9.17) is 0 Å². The molecule has 0 aliphatic heterocycles. The standard InChI is InChI=1S/C12H16BrFN2S/c1-2-17-10-4-3-9(6-10)16-12-11(14)5-8(13)7-15-12/h5,7,9-10H,2-4,6H2,1H3,(H,15,16). The Labute approximate surface area is 114 Å². The van der Waals surface area contributed by atoms with Crippen molar-refractivity contribution in [1.29, 1.82) is 0 Å². The second-order valence-corrected chi connectivity index (χ2v) is 6.71. The van der Waals surface area contributed by atoms with Crippen LogP contribution in [0.4, 0.5) is 10.2 Å². The highest BCUT2D eigenvalue weighted by molar-refractivity contribution is 9.10. The molecule has 94 valence electrons. The van der Waals surface area contributed by atoms with Gasteiger partial charge in [-0.05, 0) is 47.0 Å². The molecule has 1 heterocycles. The molecule has 0 radical (unpaired) electrons. The van der Waals surface area contributed by atoms with Crippen molar-refractivity contribution < 1.29 is 4.39 Å². The van der Waals surface area contributed by atoms with Crippen LogP contribution >= 0.6 is 27.7 Å². The average molecular weight is 319 g/mol. The van der Waals surface area contributed by atoms with Gasteiger partial charge < -0.3 is 5.32 Å². The molecule has 1 aromatic rings. The number of hydrogen-bond donors (Lipinski definition) is 1. The van der Waals surface area contributed by atoms with Crippen molar-refractivity contribution in [3.05, 3.63) is 22.6 Å². The molecule has 1 aliphatic carbocycles. The highest BCUT2D eigenvalue weighted by atomic mass is 79.9. The quantitative estimate of drug-likeness (QED) is 0.905. The van der Waals surface area contributed by atoms with E-state index < -0.39 is 0 Å². The van der Waals surface area contributed by atoms with Crippen LogP contribution in [0.1, 0.15) is 26.2 Å². The minimum atomic E-state index is -0.286. The molecule has 1 aromatic heterocycles. The Morgan fingerprint density at radius 3 is 3.12 bits per heavy atom. The van der Waals surface area contributed by atoms with Gasteiger partial charge in [-0.2, -0.15) is 11.8 Å². The number of rotatable bonds is 4. The number of halogens is 2. The molecule has 2 atom stereocenters. The van der Waals surface area contributed by atoms with E-state index in [0.29, 0.717) is 16.3 Å². The van der Waals surface area contributed by atoms with Crippen LogP contribution in [0.2, 0.25) is 0 Å². The summed E-state index contributed by atoms with van der Waals surface area (Å²) in [5.41, 5.74) is 0. The lowest BCUT2D eigenvalue weighted by atomic mass is 10.2. The van der Waals surface area contributed by atoms with Crippen molar-refractivity contribution in [2.45, 2.75) is 37.5 Å². The van der Waals surface area contributed by atoms with Crippen LogP contribution in [0.3, 0.4) is 0 Å². The fraction of sp³-hybridized carbons (Fsp3) is 0.583. The Bertz CT molecular complexity index is 389. The lowest BCUT2D eigenvalue weighted by Gasteiger charge is -2.14. The van der Waals surface area contributed by atoms with Gasteiger partial charge in [0.25, 0.3) is 0 Å². The van der Waals surface area contributed by atoms with Gasteiger partial charge in [0.2, 0.25) is 0 Å². The number of pyridine rings is 1. The number of aromatic nitrogens is 1. The molecule has 1 fully saturated rings. The minimum Gasteiger partial charge on any atom is -0.365 e. The highest BCUT2D eigenvalue weighted by Crippen LogP contribution is 2.31. The van der Waals surface area contributed by atoms with Crippen molar-refractivity contribution in [3.8, 4) is 0 Å². The lowest BCUT2D eigenvalue weighted by molar-refractivity contribution is 0.616. The summed E-state index contributed by atoms with van der Waals surface area (Å²) in [7, 11) is 0. The number of hydrogen-bond acceptors (Lipinski definition) is 3. The Morgan fingerprint density at radius 2 is 2.41 bits per heavy atom. The summed E-state index contributed by atoms with van der Waals surface area (Å²) in [6.07, 6.45) is 5.05. The SMILES string of the molecule is CCSC1CCC(Nc2ncc(Br)cc2F)C1. The van der Waals surface area contributed by atoms with Gasteiger partial charge in [-0.1, -0.05) is 6.92 Å². The topological polar surface area (TPSA) is 24.9 Å². The van der Waals surface area contributed by atoms with Gasteiger partial charge in [0.1, 0.15) is 0 Å². The van der Waals surface area contributed by atoms with Crippen molar-refractivity contribution in [1.82, 2.24) is 4.98 Å². The molecule has 0 saturated heterocycles. The first-order valence-corrected chi connectivity index (χ1v) is 7.72. The predicted molar refractivity (Wildman–Crippen MR) is 75.1 cm³/mol. The molecule has 0 bridgehead atoms. The van der Waals surface area contributed by atoms with E-state index in [-0.39, 0.29) is 5.82 Å². The second-order valence-electron chi connectivity index (χ2n) is 4.22. The summed E-state index contributed by atoms with van der Waals surface area (Å²) in [5, 5.41) is 3.92. The second kappa shape index (κ2) is 6.05. The van der Waals surface area contributed by atoms with Crippen LogP contribution in [0, 0.1) is 5.82 Å². The molecule has 0 aromatic carbocycles. The lowest BCUT2D eigenvalue weighted by Crippen LogP contribution is -2.17. The predicted octanol–water partition coefficient (Wildman–Crippen LogP) is 4.07. The third-order valence-corrected chi connectivity index (χ3v) is 4.60. The maximum atomic E-state index is 13.6. The normalized spacial score (nSPS) is 23.9. The number of anilines is 1. The Morgan fingerprint density at radius 1 is 1.59 bits per heavy atom. The highest BCUT2D eigenvalue weighted by Gasteiger charge is 2.25. The third kappa shape index (κ3) is 3.58. The van der Waals surface area contributed by atoms with Gasteiger partial charge in [0, 0.05) is 22.0 Å². The number of thioether (sulfide) groups is 1. The van der Waals surface area contributed by atoms with Crippen molar-refractivity contribution in [2.75, 3.05) is 11.1 Å². The third-order valence-electron chi connectivity index (χ3n) is 2.94. The van der Waals surface area contributed by atoms with Crippen LogP contribution < -0.4 is 5.32 Å². The Hall–Kier alpha value is -0.290. The fourth-order valence-corrected chi connectivity index (χ4v) is 3.62. The summed E-state index contributed by atoms with van der Waals surface area (Å²) in [5.74, 6) is 1.24. The van der Waals surface area contributed by atoms with E-state index in [9.17, 15) is 4.39 Å². The molecule has 2 rings (SSSR count).